The first-order valence-electron chi connectivity index (χ1n) is 6.60. The quantitative estimate of drug-likeness (QED) is 0.226. The number of carbonyl (C=O) groups excluding carboxylic acids is 1. The average Bonchev–Trinajstić information content (AvgIpc) is 2.50. The number of amides is 1. The standard InChI is InChI=1S/C12H14F8NO5P/c1-3-5-21(8(22)4-2)6-9(13,14)11(17,18)12(19,20)10(15,16)7-26-27(23,24)25/h3-4H,1-2,5-7H2,(H2,23,24,25). The number of hydrogen-bond acceptors (Lipinski definition) is 3. The van der Waals surface area contributed by atoms with Gasteiger partial charge in [-0.1, -0.05) is 12.7 Å². The van der Waals surface area contributed by atoms with E-state index in [0.29, 0.717) is 6.08 Å². The SMILES string of the molecule is C=CCN(CC(F)(F)C(F)(F)C(F)(F)C(F)(F)COP(=O)(O)O)C(=O)C=C. The van der Waals surface area contributed by atoms with E-state index in [1.165, 1.54) is 0 Å². The zero-order chi connectivity index (χ0) is 21.9. The van der Waals surface area contributed by atoms with Gasteiger partial charge in [-0.3, -0.25) is 9.32 Å². The Morgan fingerprint density at radius 2 is 1.44 bits per heavy atom. The lowest BCUT2D eigenvalue weighted by Crippen LogP contribution is -2.65. The van der Waals surface area contributed by atoms with Crippen molar-refractivity contribution in [3.05, 3.63) is 25.3 Å². The highest BCUT2D eigenvalue weighted by Crippen LogP contribution is 2.53. The molecule has 0 aliphatic carbocycles. The fourth-order valence-electron chi connectivity index (χ4n) is 1.57. The zero-order valence-corrected chi connectivity index (χ0v) is 14.1. The van der Waals surface area contributed by atoms with Crippen LogP contribution < -0.4 is 0 Å². The second kappa shape index (κ2) is 8.25. The molecule has 0 aliphatic heterocycles. The third-order valence-corrected chi connectivity index (χ3v) is 3.42. The minimum atomic E-state index is -6.81. The van der Waals surface area contributed by atoms with E-state index >= 15 is 0 Å². The van der Waals surface area contributed by atoms with Crippen molar-refractivity contribution >= 4 is 13.7 Å². The van der Waals surface area contributed by atoms with E-state index in [0.717, 1.165) is 6.08 Å². The molecule has 0 aliphatic rings. The fourth-order valence-corrected chi connectivity index (χ4v) is 1.90. The molecule has 0 aromatic rings. The highest BCUT2D eigenvalue weighted by Gasteiger charge is 2.80. The van der Waals surface area contributed by atoms with Crippen LogP contribution in [-0.4, -0.2) is 64.0 Å². The number of halogens is 8. The van der Waals surface area contributed by atoms with Crippen molar-refractivity contribution in [2.75, 3.05) is 19.7 Å². The van der Waals surface area contributed by atoms with Gasteiger partial charge < -0.3 is 14.7 Å². The molecule has 1 amide bonds. The summed E-state index contributed by atoms with van der Waals surface area (Å²) >= 11 is 0. The van der Waals surface area contributed by atoms with Crippen LogP contribution in [-0.2, 0) is 13.9 Å². The molecule has 6 nitrogen and oxygen atoms in total. The maximum Gasteiger partial charge on any atom is 0.469 e. The van der Waals surface area contributed by atoms with Gasteiger partial charge in [0, 0.05) is 6.54 Å². The van der Waals surface area contributed by atoms with E-state index in [-0.39, 0.29) is 4.90 Å². The van der Waals surface area contributed by atoms with E-state index in [2.05, 4.69) is 17.7 Å². The molecule has 2 N–H and O–H groups in total. The van der Waals surface area contributed by atoms with Gasteiger partial charge in [0.2, 0.25) is 5.91 Å². The first kappa shape index (κ1) is 25.5. The third kappa shape index (κ3) is 5.74. The van der Waals surface area contributed by atoms with Crippen LogP contribution in [0.2, 0.25) is 0 Å². The van der Waals surface area contributed by atoms with Gasteiger partial charge in [0.15, 0.2) is 0 Å². The van der Waals surface area contributed by atoms with E-state index < -0.39 is 57.1 Å². The first-order valence-corrected chi connectivity index (χ1v) is 8.13. The third-order valence-electron chi connectivity index (χ3n) is 2.95. The Hall–Kier alpha value is -1.50. The molecule has 0 spiro atoms. The number of alkyl halides is 8. The number of rotatable bonds is 11. The lowest BCUT2D eigenvalue weighted by Gasteiger charge is -2.38. The summed E-state index contributed by atoms with van der Waals surface area (Å²) in [6.45, 7) is -0.294. The molecule has 0 heterocycles. The monoisotopic (exact) mass is 435 g/mol. The maximum atomic E-state index is 13.8. The molecule has 0 rings (SSSR count). The number of phosphoric acid groups is 1. The Bertz CT molecular complexity index is 621. The number of carbonyl (C=O) groups is 1. The molecule has 0 bridgehead atoms. The molecule has 0 saturated carbocycles. The Balaban J connectivity index is 5.81. The molecule has 0 aromatic carbocycles. The second-order valence-corrected chi connectivity index (χ2v) is 6.27. The maximum absolute atomic E-state index is 13.8. The Kier molecular flexibility index (Phi) is 7.79. The number of nitrogens with zero attached hydrogens (tertiary/aromatic N) is 1. The van der Waals surface area contributed by atoms with Crippen LogP contribution in [0.4, 0.5) is 35.1 Å². The summed E-state index contributed by atoms with van der Waals surface area (Å²) in [6.07, 6.45) is 1.16. The van der Waals surface area contributed by atoms with Crippen molar-refractivity contribution in [2.45, 2.75) is 23.7 Å². The van der Waals surface area contributed by atoms with Crippen LogP contribution in [0.3, 0.4) is 0 Å². The van der Waals surface area contributed by atoms with Crippen molar-refractivity contribution in [1.29, 1.82) is 0 Å². The Morgan fingerprint density at radius 3 is 1.81 bits per heavy atom. The predicted molar refractivity (Wildman–Crippen MR) is 74.8 cm³/mol. The van der Waals surface area contributed by atoms with Crippen LogP contribution in [0.25, 0.3) is 0 Å². The topological polar surface area (TPSA) is 87.1 Å². The summed E-state index contributed by atoms with van der Waals surface area (Å²) < 4.78 is 122. The Labute approximate surface area is 147 Å². The summed E-state index contributed by atoms with van der Waals surface area (Å²) in [6, 6.07) is 0. The van der Waals surface area contributed by atoms with E-state index in [1.807, 2.05) is 0 Å². The fraction of sp³-hybridized carbons (Fsp3) is 0.583. The van der Waals surface area contributed by atoms with Crippen molar-refractivity contribution in [2.24, 2.45) is 0 Å². The largest absolute Gasteiger partial charge is 0.469 e. The van der Waals surface area contributed by atoms with Gasteiger partial charge in [-0.2, -0.15) is 35.1 Å². The summed E-state index contributed by atoms with van der Waals surface area (Å²) in [5, 5.41) is 0. The van der Waals surface area contributed by atoms with Gasteiger partial charge >= 0.3 is 31.5 Å². The molecule has 0 unspecified atom stereocenters. The van der Waals surface area contributed by atoms with E-state index in [9.17, 15) is 44.5 Å². The number of phosphoric ester groups is 1. The Morgan fingerprint density at radius 1 is 1.00 bits per heavy atom. The first-order chi connectivity index (χ1) is 11.9. The molecule has 0 radical (unpaired) electrons. The normalized spacial score (nSPS) is 14.0. The van der Waals surface area contributed by atoms with Crippen molar-refractivity contribution in [3.63, 3.8) is 0 Å². The smallest absolute Gasteiger partial charge is 0.329 e. The van der Waals surface area contributed by atoms with Crippen LogP contribution in [0.15, 0.2) is 25.3 Å². The summed E-state index contributed by atoms with van der Waals surface area (Å²) in [5.41, 5.74) is 0. The van der Waals surface area contributed by atoms with Crippen molar-refractivity contribution in [1.82, 2.24) is 4.90 Å². The summed E-state index contributed by atoms with van der Waals surface area (Å²) in [7, 11) is -5.79. The number of hydrogen-bond donors (Lipinski definition) is 2. The summed E-state index contributed by atoms with van der Waals surface area (Å²) in [4.78, 5) is 27.6. The molecule has 0 atom stereocenters. The summed E-state index contributed by atoms with van der Waals surface area (Å²) in [5.74, 6) is -26.9. The molecule has 27 heavy (non-hydrogen) atoms. The van der Waals surface area contributed by atoms with Crippen LogP contribution in [0.1, 0.15) is 0 Å². The highest BCUT2D eigenvalue weighted by molar-refractivity contribution is 7.46. The minimum Gasteiger partial charge on any atom is -0.329 e. The molecule has 0 aromatic heterocycles. The van der Waals surface area contributed by atoms with E-state index in [1.54, 1.807) is 0 Å². The highest BCUT2D eigenvalue weighted by atomic mass is 31.2. The van der Waals surface area contributed by atoms with Gasteiger partial charge in [-0.25, -0.2) is 4.57 Å². The zero-order valence-electron chi connectivity index (χ0n) is 13.2. The molecule has 158 valence electrons. The molecular formula is C12H14F8NO5P. The molecule has 0 saturated heterocycles. The van der Waals surface area contributed by atoms with Crippen LogP contribution in [0.5, 0.6) is 0 Å². The lowest BCUT2D eigenvalue weighted by atomic mass is 9.98. The predicted octanol–water partition coefficient (Wildman–Crippen LogP) is 2.84. The van der Waals surface area contributed by atoms with Crippen molar-refractivity contribution < 1.29 is 58.8 Å². The molecule has 15 heteroatoms. The van der Waals surface area contributed by atoms with Gasteiger partial charge in [0.05, 0.1) is 6.54 Å². The molecular weight excluding hydrogens is 421 g/mol. The second-order valence-electron chi connectivity index (χ2n) is 5.03. The van der Waals surface area contributed by atoms with Gasteiger partial charge in [-0.05, 0) is 6.08 Å². The van der Waals surface area contributed by atoms with Gasteiger partial charge in [0.1, 0.15) is 6.61 Å². The van der Waals surface area contributed by atoms with Crippen LogP contribution in [0, 0.1) is 0 Å². The van der Waals surface area contributed by atoms with Gasteiger partial charge in [0.25, 0.3) is 0 Å². The van der Waals surface area contributed by atoms with Crippen molar-refractivity contribution in [3.8, 4) is 0 Å². The van der Waals surface area contributed by atoms with E-state index in [4.69, 9.17) is 9.79 Å². The lowest BCUT2D eigenvalue weighted by molar-refractivity contribution is -0.369. The van der Waals surface area contributed by atoms with Gasteiger partial charge in [-0.15, -0.1) is 6.58 Å². The minimum absolute atomic E-state index is 0.103. The average molecular weight is 435 g/mol. The molecule has 0 fully saturated rings. The van der Waals surface area contributed by atoms with Crippen LogP contribution >= 0.6 is 7.82 Å².